The van der Waals surface area contributed by atoms with Gasteiger partial charge in [-0.15, -0.1) is 0 Å². The van der Waals surface area contributed by atoms with Gasteiger partial charge in [-0.05, 0) is 43.1 Å². The van der Waals surface area contributed by atoms with Crippen molar-refractivity contribution in [3.63, 3.8) is 0 Å². The molecule has 1 unspecified atom stereocenters. The molecule has 98 valence electrons. The first-order valence-electron chi connectivity index (χ1n) is 6.38. The maximum Gasteiger partial charge on any atom is 0.220 e. The molecular weight excluding hydrogens is 228 g/mol. The Morgan fingerprint density at radius 3 is 2.83 bits per heavy atom. The number of rotatable bonds is 5. The number of nitrogens with one attached hydrogen (secondary N) is 2. The molecule has 0 aromatic heterocycles. The van der Waals surface area contributed by atoms with Crippen molar-refractivity contribution in [1.29, 1.82) is 0 Å². The molecule has 1 heterocycles. The third kappa shape index (κ3) is 3.74. The summed E-state index contributed by atoms with van der Waals surface area (Å²) in [7, 11) is 1.65. The van der Waals surface area contributed by atoms with Gasteiger partial charge in [-0.2, -0.15) is 0 Å². The van der Waals surface area contributed by atoms with Gasteiger partial charge < -0.3 is 15.4 Å². The van der Waals surface area contributed by atoms with Gasteiger partial charge in [-0.25, -0.2) is 0 Å². The first kappa shape index (κ1) is 12.9. The van der Waals surface area contributed by atoms with Crippen molar-refractivity contribution >= 4 is 5.91 Å². The van der Waals surface area contributed by atoms with E-state index in [2.05, 4.69) is 10.6 Å². The molecule has 0 saturated carbocycles. The van der Waals surface area contributed by atoms with Crippen LogP contribution < -0.4 is 15.4 Å². The zero-order valence-electron chi connectivity index (χ0n) is 10.7. The van der Waals surface area contributed by atoms with Crippen molar-refractivity contribution in [3.8, 4) is 5.75 Å². The van der Waals surface area contributed by atoms with E-state index in [0.717, 1.165) is 30.8 Å². The number of amides is 1. The summed E-state index contributed by atoms with van der Waals surface area (Å²) in [4.78, 5) is 11.7. The molecule has 1 aromatic carbocycles. The minimum atomic E-state index is 0.138. The van der Waals surface area contributed by atoms with Crippen LogP contribution in [0.15, 0.2) is 24.3 Å². The molecule has 1 fully saturated rings. The monoisotopic (exact) mass is 248 g/mol. The van der Waals surface area contributed by atoms with Gasteiger partial charge in [0.05, 0.1) is 7.11 Å². The standard InChI is InChI=1S/C14H20N2O2/c1-18-13-4-2-11(3-5-13)10-16-14(17)8-12-6-7-15-9-12/h2-5,12,15H,6-10H2,1H3,(H,16,17). The molecule has 0 bridgehead atoms. The van der Waals surface area contributed by atoms with Crippen LogP contribution in [0.2, 0.25) is 0 Å². The summed E-state index contributed by atoms with van der Waals surface area (Å²) in [5.41, 5.74) is 1.09. The number of benzene rings is 1. The van der Waals surface area contributed by atoms with Crippen molar-refractivity contribution in [3.05, 3.63) is 29.8 Å². The van der Waals surface area contributed by atoms with Gasteiger partial charge in [-0.3, -0.25) is 4.79 Å². The zero-order chi connectivity index (χ0) is 12.8. The van der Waals surface area contributed by atoms with E-state index in [0.29, 0.717) is 18.9 Å². The smallest absolute Gasteiger partial charge is 0.220 e. The highest BCUT2D eigenvalue weighted by molar-refractivity contribution is 5.76. The van der Waals surface area contributed by atoms with E-state index in [9.17, 15) is 4.79 Å². The summed E-state index contributed by atoms with van der Waals surface area (Å²) < 4.78 is 5.09. The van der Waals surface area contributed by atoms with Crippen molar-refractivity contribution < 1.29 is 9.53 Å². The van der Waals surface area contributed by atoms with Gasteiger partial charge >= 0.3 is 0 Å². The highest BCUT2D eigenvalue weighted by Gasteiger charge is 2.17. The van der Waals surface area contributed by atoms with Gasteiger partial charge in [0.2, 0.25) is 5.91 Å². The molecule has 18 heavy (non-hydrogen) atoms. The van der Waals surface area contributed by atoms with Crippen LogP contribution >= 0.6 is 0 Å². The number of hydrogen-bond acceptors (Lipinski definition) is 3. The number of hydrogen-bond donors (Lipinski definition) is 2. The third-order valence-electron chi connectivity index (χ3n) is 3.29. The largest absolute Gasteiger partial charge is 0.497 e. The number of carbonyl (C=O) groups is 1. The summed E-state index contributed by atoms with van der Waals surface area (Å²) in [6, 6.07) is 7.75. The molecule has 4 nitrogen and oxygen atoms in total. The molecular formula is C14H20N2O2. The van der Waals surface area contributed by atoms with Crippen molar-refractivity contribution in [2.75, 3.05) is 20.2 Å². The lowest BCUT2D eigenvalue weighted by Gasteiger charge is -2.09. The van der Waals surface area contributed by atoms with Crippen molar-refractivity contribution in [2.45, 2.75) is 19.4 Å². The van der Waals surface area contributed by atoms with E-state index in [1.54, 1.807) is 7.11 Å². The van der Waals surface area contributed by atoms with Crippen LogP contribution in [0, 0.1) is 5.92 Å². The van der Waals surface area contributed by atoms with Crippen molar-refractivity contribution in [2.24, 2.45) is 5.92 Å². The first-order chi connectivity index (χ1) is 8.78. The Morgan fingerprint density at radius 2 is 2.22 bits per heavy atom. The molecule has 1 aliphatic heterocycles. The quantitative estimate of drug-likeness (QED) is 0.826. The van der Waals surface area contributed by atoms with Crippen LogP contribution in [-0.4, -0.2) is 26.1 Å². The Hall–Kier alpha value is -1.55. The van der Waals surface area contributed by atoms with E-state index in [-0.39, 0.29) is 5.91 Å². The predicted molar refractivity (Wildman–Crippen MR) is 70.4 cm³/mol. The predicted octanol–water partition coefficient (Wildman–Crippen LogP) is 1.31. The molecule has 1 saturated heterocycles. The normalized spacial score (nSPS) is 18.6. The Balaban J connectivity index is 1.74. The van der Waals surface area contributed by atoms with Gasteiger partial charge in [0.1, 0.15) is 5.75 Å². The third-order valence-corrected chi connectivity index (χ3v) is 3.29. The van der Waals surface area contributed by atoms with Crippen LogP contribution in [0.25, 0.3) is 0 Å². The Morgan fingerprint density at radius 1 is 1.44 bits per heavy atom. The van der Waals surface area contributed by atoms with Crippen molar-refractivity contribution in [1.82, 2.24) is 10.6 Å². The van der Waals surface area contributed by atoms with Crippen LogP contribution in [-0.2, 0) is 11.3 Å². The molecule has 1 amide bonds. The molecule has 1 aromatic rings. The van der Waals surface area contributed by atoms with Gasteiger partial charge in [0.15, 0.2) is 0 Å². The first-order valence-corrected chi connectivity index (χ1v) is 6.38. The summed E-state index contributed by atoms with van der Waals surface area (Å²) in [6.45, 7) is 2.59. The molecule has 2 rings (SSSR count). The van der Waals surface area contributed by atoms with E-state index >= 15 is 0 Å². The van der Waals surface area contributed by atoms with E-state index in [1.165, 1.54) is 0 Å². The fourth-order valence-corrected chi connectivity index (χ4v) is 2.17. The molecule has 0 spiro atoms. The average molecular weight is 248 g/mol. The Bertz CT molecular complexity index is 383. The second kappa shape index (κ2) is 6.40. The minimum absolute atomic E-state index is 0.138. The highest BCUT2D eigenvalue weighted by atomic mass is 16.5. The van der Waals surface area contributed by atoms with E-state index in [1.807, 2.05) is 24.3 Å². The van der Waals surface area contributed by atoms with Gasteiger partial charge in [-0.1, -0.05) is 12.1 Å². The summed E-state index contributed by atoms with van der Waals surface area (Å²) in [5, 5.41) is 6.23. The van der Waals surface area contributed by atoms with Crippen LogP contribution in [0.1, 0.15) is 18.4 Å². The van der Waals surface area contributed by atoms with Crippen LogP contribution in [0.3, 0.4) is 0 Å². The Labute approximate surface area is 108 Å². The lowest BCUT2D eigenvalue weighted by atomic mass is 10.0. The second-order valence-corrected chi connectivity index (χ2v) is 4.69. The topological polar surface area (TPSA) is 50.4 Å². The van der Waals surface area contributed by atoms with Gasteiger partial charge in [0.25, 0.3) is 0 Å². The summed E-state index contributed by atoms with van der Waals surface area (Å²) in [6.07, 6.45) is 1.74. The molecule has 0 aliphatic carbocycles. The minimum Gasteiger partial charge on any atom is -0.497 e. The maximum atomic E-state index is 11.7. The summed E-state index contributed by atoms with van der Waals surface area (Å²) >= 11 is 0. The lowest BCUT2D eigenvalue weighted by molar-refractivity contribution is -0.122. The second-order valence-electron chi connectivity index (χ2n) is 4.69. The number of carbonyl (C=O) groups excluding carboxylic acids is 1. The summed E-state index contributed by atoms with van der Waals surface area (Å²) in [5.74, 6) is 1.47. The van der Waals surface area contributed by atoms with Crippen LogP contribution in [0.4, 0.5) is 0 Å². The van der Waals surface area contributed by atoms with E-state index < -0.39 is 0 Å². The molecule has 4 heteroatoms. The number of methoxy groups -OCH3 is 1. The molecule has 1 atom stereocenters. The SMILES string of the molecule is COc1ccc(CNC(=O)CC2CCNC2)cc1. The molecule has 0 radical (unpaired) electrons. The molecule has 2 N–H and O–H groups in total. The molecule has 1 aliphatic rings. The highest BCUT2D eigenvalue weighted by Crippen LogP contribution is 2.13. The van der Waals surface area contributed by atoms with Crippen LogP contribution in [0.5, 0.6) is 5.75 Å². The van der Waals surface area contributed by atoms with E-state index in [4.69, 9.17) is 4.74 Å². The maximum absolute atomic E-state index is 11.7. The Kier molecular flexibility index (Phi) is 4.59. The lowest BCUT2D eigenvalue weighted by Crippen LogP contribution is -2.25. The number of ether oxygens (including phenoxy) is 1. The zero-order valence-corrected chi connectivity index (χ0v) is 10.7. The fourth-order valence-electron chi connectivity index (χ4n) is 2.17. The van der Waals surface area contributed by atoms with Gasteiger partial charge in [0, 0.05) is 13.0 Å². The fraction of sp³-hybridized carbons (Fsp3) is 0.500. The average Bonchev–Trinajstić information content (AvgIpc) is 2.90.